The summed E-state index contributed by atoms with van der Waals surface area (Å²) in [5.74, 6) is -7.45. The Morgan fingerprint density at radius 1 is 0.622 bits per heavy atom. The Balaban J connectivity index is 1.42. The summed E-state index contributed by atoms with van der Waals surface area (Å²) >= 11 is 0. The van der Waals surface area contributed by atoms with Crippen LogP contribution in [0.3, 0.4) is 0 Å². The van der Waals surface area contributed by atoms with Crippen LogP contribution in [0, 0.1) is 41.8 Å². The van der Waals surface area contributed by atoms with Gasteiger partial charge in [0.25, 0.3) is 0 Å². The minimum atomic E-state index is -1.21. The monoisotopic (exact) mass is 522 g/mol. The van der Waals surface area contributed by atoms with Crippen molar-refractivity contribution in [2.45, 2.75) is 64.4 Å². The maximum atomic E-state index is 15.0. The highest BCUT2D eigenvalue weighted by atomic mass is 19.2. The van der Waals surface area contributed by atoms with Gasteiger partial charge in [-0.1, -0.05) is 25.1 Å². The molecule has 0 radical (unpaired) electrons. The summed E-state index contributed by atoms with van der Waals surface area (Å²) in [4.78, 5) is 0. The molecule has 1 saturated carbocycles. The van der Waals surface area contributed by atoms with Gasteiger partial charge in [-0.05, 0) is 85.8 Å². The largest absolute Gasteiger partial charge is 0.490 e. The van der Waals surface area contributed by atoms with Crippen LogP contribution in [0.2, 0.25) is 0 Å². The van der Waals surface area contributed by atoms with Gasteiger partial charge in [-0.3, -0.25) is 0 Å². The maximum absolute atomic E-state index is 15.0. The van der Waals surface area contributed by atoms with E-state index in [9.17, 15) is 26.3 Å². The molecule has 0 heterocycles. The van der Waals surface area contributed by atoms with Crippen LogP contribution in [0.1, 0.15) is 73.1 Å². The highest BCUT2D eigenvalue weighted by Gasteiger charge is 2.29. The molecule has 0 aliphatic heterocycles. The molecule has 1 fully saturated rings. The van der Waals surface area contributed by atoms with Gasteiger partial charge in [0.2, 0.25) is 11.6 Å². The van der Waals surface area contributed by atoms with Crippen molar-refractivity contribution in [3.8, 4) is 11.5 Å². The van der Waals surface area contributed by atoms with Crippen LogP contribution >= 0.6 is 0 Å². The smallest absolute Gasteiger partial charge is 0.201 e. The fraction of sp³-hybridized carbons (Fsp3) is 0.379. The summed E-state index contributed by atoms with van der Waals surface area (Å²) in [5, 5.41) is 0. The van der Waals surface area contributed by atoms with Crippen LogP contribution in [-0.2, 0) is 6.61 Å². The zero-order valence-electron chi connectivity index (χ0n) is 20.7. The zero-order chi connectivity index (χ0) is 26.7. The third kappa shape index (κ3) is 5.58. The van der Waals surface area contributed by atoms with E-state index in [1.54, 1.807) is 12.1 Å². The lowest BCUT2D eigenvalue weighted by Crippen LogP contribution is -2.15. The molecule has 2 nitrogen and oxygen atoms in total. The van der Waals surface area contributed by atoms with Gasteiger partial charge in [0.15, 0.2) is 34.8 Å². The molecule has 0 spiro atoms. The molecule has 3 aromatic carbocycles. The minimum absolute atomic E-state index is 0.164. The van der Waals surface area contributed by atoms with Crippen LogP contribution in [0.4, 0.5) is 26.3 Å². The molecular weight excluding hydrogens is 494 g/mol. The standard InChI is InChI=1S/C29H28F6O2/c1-3-14-36-22-12-9-19(25(31)28(22)34)15-37-23-13-11-21(27(33)29(23)35)18-7-5-17(6-8-18)20-10-4-16(2)24(30)26(20)32/h4,9-13,17-18H,3,5-8,14-15H2,1-2H3. The molecule has 37 heavy (non-hydrogen) atoms. The van der Waals surface area contributed by atoms with Gasteiger partial charge in [0.1, 0.15) is 6.61 Å². The number of rotatable bonds is 8. The van der Waals surface area contributed by atoms with Crippen LogP contribution in [0.5, 0.6) is 11.5 Å². The summed E-state index contributed by atoms with van der Waals surface area (Å²) in [6.45, 7) is 3.05. The lowest BCUT2D eigenvalue weighted by molar-refractivity contribution is 0.270. The molecule has 0 saturated heterocycles. The molecule has 4 rings (SSSR count). The molecule has 0 amide bonds. The molecule has 1 aliphatic rings. The predicted octanol–water partition coefficient (Wildman–Crippen LogP) is 8.64. The quantitative estimate of drug-likeness (QED) is 0.276. The Hall–Kier alpha value is -3.16. The molecule has 0 N–H and O–H groups in total. The average molecular weight is 523 g/mol. The Morgan fingerprint density at radius 2 is 1.14 bits per heavy atom. The zero-order valence-corrected chi connectivity index (χ0v) is 20.7. The minimum Gasteiger partial charge on any atom is -0.490 e. The summed E-state index contributed by atoms with van der Waals surface area (Å²) in [6.07, 6.45) is 2.60. The average Bonchev–Trinajstić information content (AvgIpc) is 2.90. The molecule has 3 aromatic rings. The lowest BCUT2D eigenvalue weighted by atomic mass is 9.75. The maximum Gasteiger partial charge on any atom is 0.201 e. The van der Waals surface area contributed by atoms with Crippen molar-refractivity contribution < 1.29 is 35.8 Å². The van der Waals surface area contributed by atoms with Crippen LogP contribution in [0.15, 0.2) is 36.4 Å². The highest BCUT2D eigenvalue weighted by Crippen LogP contribution is 2.43. The van der Waals surface area contributed by atoms with Crippen molar-refractivity contribution in [1.82, 2.24) is 0 Å². The Morgan fingerprint density at radius 3 is 1.76 bits per heavy atom. The van der Waals surface area contributed by atoms with Crippen LogP contribution in [-0.4, -0.2) is 6.61 Å². The number of aryl methyl sites for hydroxylation is 1. The van der Waals surface area contributed by atoms with Gasteiger partial charge in [0, 0.05) is 5.56 Å². The molecule has 0 atom stereocenters. The van der Waals surface area contributed by atoms with Gasteiger partial charge >= 0.3 is 0 Å². The van der Waals surface area contributed by atoms with Gasteiger partial charge in [-0.25, -0.2) is 17.6 Å². The van der Waals surface area contributed by atoms with Gasteiger partial charge in [-0.2, -0.15) is 8.78 Å². The van der Waals surface area contributed by atoms with Crippen LogP contribution < -0.4 is 9.47 Å². The van der Waals surface area contributed by atoms with Crippen molar-refractivity contribution in [3.63, 3.8) is 0 Å². The highest BCUT2D eigenvalue weighted by molar-refractivity contribution is 5.35. The number of halogens is 6. The van der Waals surface area contributed by atoms with Gasteiger partial charge in [0.05, 0.1) is 6.61 Å². The summed E-state index contributed by atoms with van der Waals surface area (Å²) in [7, 11) is 0. The number of hydrogen-bond donors (Lipinski definition) is 0. The number of ether oxygens (including phenoxy) is 2. The van der Waals surface area contributed by atoms with Gasteiger partial charge in [-0.15, -0.1) is 0 Å². The van der Waals surface area contributed by atoms with E-state index in [4.69, 9.17) is 9.47 Å². The third-order valence-electron chi connectivity index (χ3n) is 6.96. The molecule has 198 valence electrons. The first-order valence-corrected chi connectivity index (χ1v) is 12.4. The molecular formula is C29H28F6O2. The van der Waals surface area contributed by atoms with E-state index < -0.39 is 47.3 Å². The van der Waals surface area contributed by atoms with Crippen molar-refractivity contribution >= 4 is 0 Å². The lowest BCUT2D eigenvalue weighted by Gasteiger charge is -2.30. The first-order chi connectivity index (χ1) is 17.7. The Labute approximate surface area is 212 Å². The molecule has 1 aliphatic carbocycles. The topological polar surface area (TPSA) is 18.5 Å². The molecule has 0 unspecified atom stereocenters. The van der Waals surface area contributed by atoms with E-state index in [0.717, 1.165) is 0 Å². The fourth-order valence-corrected chi connectivity index (χ4v) is 4.83. The second kappa shape index (κ2) is 11.5. The van der Waals surface area contributed by atoms with E-state index in [0.29, 0.717) is 37.7 Å². The summed E-state index contributed by atoms with van der Waals surface area (Å²) < 4.78 is 97.1. The summed E-state index contributed by atoms with van der Waals surface area (Å²) in [6, 6.07) is 8.35. The first-order valence-electron chi connectivity index (χ1n) is 12.4. The van der Waals surface area contributed by atoms with E-state index in [2.05, 4.69) is 0 Å². The van der Waals surface area contributed by atoms with E-state index in [-0.39, 0.29) is 40.9 Å². The molecule has 0 aromatic heterocycles. The fourth-order valence-electron chi connectivity index (χ4n) is 4.83. The van der Waals surface area contributed by atoms with E-state index in [1.165, 1.54) is 31.2 Å². The van der Waals surface area contributed by atoms with Crippen molar-refractivity contribution in [3.05, 3.63) is 93.6 Å². The predicted molar refractivity (Wildman–Crippen MR) is 128 cm³/mol. The molecule has 0 bridgehead atoms. The van der Waals surface area contributed by atoms with E-state index in [1.807, 2.05) is 6.92 Å². The number of hydrogen-bond acceptors (Lipinski definition) is 2. The Kier molecular flexibility index (Phi) is 8.35. The summed E-state index contributed by atoms with van der Waals surface area (Å²) in [5.41, 5.74) is 0.558. The normalized spacial score (nSPS) is 17.6. The SMILES string of the molecule is CCCOc1ccc(COc2ccc(C3CCC(c4ccc(C)c(F)c4F)CC3)c(F)c2F)c(F)c1F. The van der Waals surface area contributed by atoms with Crippen LogP contribution in [0.25, 0.3) is 0 Å². The van der Waals surface area contributed by atoms with Crippen molar-refractivity contribution in [2.24, 2.45) is 0 Å². The number of benzene rings is 3. The van der Waals surface area contributed by atoms with Crippen molar-refractivity contribution in [1.29, 1.82) is 0 Å². The third-order valence-corrected chi connectivity index (χ3v) is 6.96. The Bertz CT molecular complexity index is 1270. The van der Waals surface area contributed by atoms with Crippen molar-refractivity contribution in [2.75, 3.05) is 6.61 Å². The molecule has 8 heteroatoms. The second-order valence-electron chi connectivity index (χ2n) is 9.42. The first kappa shape index (κ1) is 26.9. The second-order valence-corrected chi connectivity index (χ2v) is 9.42. The van der Waals surface area contributed by atoms with E-state index >= 15 is 0 Å². The van der Waals surface area contributed by atoms with Gasteiger partial charge < -0.3 is 9.47 Å².